The molecule has 2 aromatic carbocycles. The molecule has 0 fully saturated rings. The van der Waals surface area contributed by atoms with E-state index in [1.54, 1.807) is 49.4 Å². The van der Waals surface area contributed by atoms with Gasteiger partial charge in [0.25, 0.3) is 5.69 Å². The van der Waals surface area contributed by atoms with Gasteiger partial charge in [0.15, 0.2) is 0 Å². The average molecular weight is 285 g/mol. The lowest BCUT2D eigenvalue weighted by Gasteiger charge is -2.05. The van der Waals surface area contributed by atoms with Gasteiger partial charge in [-0.05, 0) is 24.1 Å². The first-order chi connectivity index (χ1) is 10.1. The minimum atomic E-state index is -0.401. The van der Waals surface area contributed by atoms with Gasteiger partial charge in [0.1, 0.15) is 0 Å². The van der Waals surface area contributed by atoms with Gasteiger partial charge in [-0.15, -0.1) is 0 Å². The monoisotopic (exact) mass is 285 g/mol. The Morgan fingerprint density at radius 2 is 1.81 bits per heavy atom. The minimum absolute atomic E-state index is 0.0654. The number of nitro groups is 1. The van der Waals surface area contributed by atoms with Gasteiger partial charge >= 0.3 is 5.97 Å². The van der Waals surface area contributed by atoms with Gasteiger partial charge in [-0.1, -0.05) is 36.4 Å². The van der Waals surface area contributed by atoms with Crippen LogP contribution in [0.15, 0.2) is 48.5 Å². The van der Waals surface area contributed by atoms with Crippen LogP contribution >= 0.6 is 0 Å². The Hall–Kier alpha value is -2.69. The summed E-state index contributed by atoms with van der Waals surface area (Å²) in [5, 5.41) is 11.0. The molecule has 108 valence electrons. The van der Waals surface area contributed by atoms with Gasteiger partial charge < -0.3 is 4.74 Å². The van der Waals surface area contributed by atoms with Crippen molar-refractivity contribution in [3.8, 4) is 11.1 Å². The SMILES string of the molecule is CCOC(=O)Cc1ccc(-c2ccccc2[N+](=O)[O-])cc1. The quantitative estimate of drug-likeness (QED) is 0.480. The van der Waals surface area contributed by atoms with Crippen LogP contribution in [0.4, 0.5) is 5.69 Å². The fraction of sp³-hybridized carbons (Fsp3) is 0.188. The zero-order chi connectivity index (χ0) is 15.2. The highest BCUT2D eigenvalue weighted by atomic mass is 16.6. The molecule has 2 rings (SSSR count). The third kappa shape index (κ3) is 3.66. The molecule has 0 bridgehead atoms. The van der Waals surface area contributed by atoms with Crippen molar-refractivity contribution in [1.29, 1.82) is 0 Å². The number of carbonyl (C=O) groups is 1. The Labute approximate surface area is 122 Å². The summed E-state index contributed by atoms with van der Waals surface area (Å²) < 4.78 is 4.88. The maximum atomic E-state index is 11.4. The van der Waals surface area contributed by atoms with Crippen molar-refractivity contribution in [3.05, 3.63) is 64.2 Å². The van der Waals surface area contributed by atoms with Crippen LogP contribution in [0.5, 0.6) is 0 Å². The van der Waals surface area contributed by atoms with E-state index in [4.69, 9.17) is 4.74 Å². The van der Waals surface area contributed by atoms with E-state index in [-0.39, 0.29) is 18.1 Å². The number of nitrogens with zero attached hydrogens (tertiary/aromatic N) is 1. The maximum absolute atomic E-state index is 11.4. The van der Waals surface area contributed by atoms with E-state index in [1.165, 1.54) is 6.07 Å². The summed E-state index contributed by atoms with van der Waals surface area (Å²) in [4.78, 5) is 22.0. The molecule has 0 aromatic heterocycles. The molecule has 0 saturated heterocycles. The first-order valence-corrected chi connectivity index (χ1v) is 6.60. The molecule has 0 aliphatic carbocycles. The predicted molar refractivity (Wildman–Crippen MR) is 78.9 cm³/mol. The smallest absolute Gasteiger partial charge is 0.310 e. The van der Waals surface area contributed by atoms with Crippen LogP contribution in [0.25, 0.3) is 11.1 Å². The summed E-state index contributed by atoms with van der Waals surface area (Å²) >= 11 is 0. The van der Waals surface area contributed by atoms with Crippen molar-refractivity contribution in [1.82, 2.24) is 0 Å². The third-order valence-corrected chi connectivity index (χ3v) is 3.02. The molecule has 2 aromatic rings. The molecule has 5 nitrogen and oxygen atoms in total. The number of hydrogen-bond donors (Lipinski definition) is 0. The zero-order valence-corrected chi connectivity index (χ0v) is 11.6. The first kappa shape index (κ1) is 14.7. The van der Waals surface area contributed by atoms with E-state index in [2.05, 4.69) is 0 Å². The second-order valence-electron chi connectivity index (χ2n) is 4.45. The molecule has 0 radical (unpaired) electrons. The van der Waals surface area contributed by atoms with Crippen molar-refractivity contribution in [2.45, 2.75) is 13.3 Å². The molecular weight excluding hydrogens is 270 g/mol. The maximum Gasteiger partial charge on any atom is 0.310 e. The van der Waals surface area contributed by atoms with Crippen LogP contribution in [0, 0.1) is 10.1 Å². The van der Waals surface area contributed by atoms with Crippen LogP contribution in [0.1, 0.15) is 12.5 Å². The summed E-state index contributed by atoms with van der Waals surface area (Å²) in [6, 6.07) is 13.7. The predicted octanol–water partition coefficient (Wildman–Crippen LogP) is 3.37. The molecule has 0 heterocycles. The molecule has 0 spiro atoms. The standard InChI is InChI=1S/C16H15NO4/c1-2-21-16(18)11-12-7-9-13(10-8-12)14-5-3-4-6-15(14)17(19)20/h3-10H,2,11H2,1H3. The largest absolute Gasteiger partial charge is 0.466 e. The number of nitro benzene ring substituents is 1. The lowest BCUT2D eigenvalue weighted by Crippen LogP contribution is -2.07. The molecule has 0 unspecified atom stereocenters. The minimum Gasteiger partial charge on any atom is -0.466 e. The third-order valence-electron chi connectivity index (χ3n) is 3.02. The molecule has 0 atom stereocenters. The zero-order valence-electron chi connectivity index (χ0n) is 11.6. The van der Waals surface area contributed by atoms with Crippen LogP contribution < -0.4 is 0 Å². The van der Waals surface area contributed by atoms with Crippen molar-refractivity contribution >= 4 is 11.7 Å². The van der Waals surface area contributed by atoms with E-state index in [1.807, 2.05) is 0 Å². The molecule has 0 amide bonds. The van der Waals surface area contributed by atoms with E-state index < -0.39 is 4.92 Å². The van der Waals surface area contributed by atoms with Gasteiger partial charge in [0.05, 0.1) is 23.5 Å². The second kappa shape index (κ2) is 6.65. The van der Waals surface area contributed by atoms with Gasteiger partial charge in [-0.2, -0.15) is 0 Å². The van der Waals surface area contributed by atoms with Crippen LogP contribution in [-0.2, 0) is 16.0 Å². The van der Waals surface area contributed by atoms with Crippen LogP contribution in [0.3, 0.4) is 0 Å². The van der Waals surface area contributed by atoms with E-state index in [9.17, 15) is 14.9 Å². The second-order valence-corrected chi connectivity index (χ2v) is 4.45. The first-order valence-electron chi connectivity index (χ1n) is 6.60. The van der Waals surface area contributed by atoms with Gasteiger partial charge in [0, 0.05) is 6.07 Å². The Balaban J connectivity index is 2.23. The lowest BCUT2D eigenvalue weighted by atomic mass is 10.0. The Kier molecular flexibility index (Phi) is 4.66. The number of para-hydroxylation sites is 1. The molecular formula is C16H15NO4. The summed E-state index contributed by atoms with van der Waals surface area (Å²) in [5.74, 6) is -0.282. The van der Waals surface area contributed by atoms with Crippen LogP contribution in [0.2, 0.25) is 0 Å². The summed E-state index contributed by atoms with van der Waals surface area (Å²) in [7, 11) is 0. The number of rotatable bonds is 5. The molecule has 5 heteroatoms. The number of carbonyl (C=O) groups excluding carboxylic acids is 1. The highest BCUT2D eigenvalue weighted by Gasteiger charge is 2.14. The number of hydrogen-bond acceptors (Lipinski definition) is 4. The van der Waals surface area contributed by atoms with E-state index in [0.717, 1.165) is 11.1 Å². The van der Waals surface area contributed by atoms with Crippen molar-refractivity contribution in [3.63, 3.8) is 0 Å². The average Bonchev–Trinajstić information content (AvgIpc) is 2.48. The highest BCUT2D eigenvalue weighted by molar-refractivity contribution is 5.75. The number of esters is 1. The van der Waals surface area contributed by atoms with Gasteiger partial charge in [0.2, 0.25) is 0 Å². The van der Waals surface area contributed by atoms with Crippen molar-refractivity contribution in [2.24, 2.45) is 0 Å². The summed E-state index contributed by atoms with van der Waals surface area (Å²) in [6.45, 7) is 2.11. The summed E-state index contributed by atoms with van der Waals surface area (Å²) in [6.07, 6.45) is 0.199. The normalized spacial score (nSPS) is 10.1. The molecule has 0 aliphatic rings. The van der Waals surface area contributed by atoms with Crippen LogP contribution in [-0.4, -0.2) is 17.5 Å². The highest BCUT2D eigenvalue weighted by Crippen LogP contribution is 2.29. The topological polar surface area (TPSA) is 69.4 Å². The Bertz CT molecular complexity index is 650. The summed E-state index contributed by atoms with van der Waals surface area (Å²) in [5.41, 5.74) is 2.19. The Morgan fingerprint density at radius 3 is 2.43 bits per heavy atom. The van der Waals surface area contributed by atoms with Crippen molar-refractivity contribution < 1.29 is 14.5 Å². The van der Waals surface area contributed by atoms with Crippen molar-refractivity contribution in [2.75, 3.05) is 6.61 Å². The molecule has 0 saturated carbocycles. The van der Waals surface area contributed by atoms with Gasteiger partial charge in [-0.25, -0.2) is 0 Å². The van der Waals surface area contributed by atoms with E-state index >= 15 is 0 Å². The fourth-order valence-electron chi connectivity index (χ4n) is 2.06. The molecule has 0 aliphatic heterocycles. The molecule has 0 N–H and O–H groups in total. The van der Waals surface area contributed by atoms with Gasteiger partial charge in [-0.3, -0.25) is 14.9 Å². The fourth-order valence-corrected chi connectivity index (χ4v) is 2.06. The Morgan fingerprint density at radius 1 is 1.14 bits per heavy atom. The molecule has 21 heavy (non-hydrogen) atoms. The number of ether oxygens (including phenoxy) is 1. The lowest BCUT2D eigenvalue weighted by molar-refractivity contribution is -0.384. The number of benzene rings is 2. The van der Waals surface area contributed by atoms with E-state index in [0.29, 0.717) is 12.2 Å².